The smallest absolute Gasteiger partial charge is 0.133 e. The third-order valence-electron chi connectivity index (χ3n) is 2.06. The predicted octanol–water partition coefficient (Wildman–Crippen LogP) is -1.61. The van der Waals surface area contributed by atoms with Gasteiger partial charge in [0.05, 0.1) is 26.2 Å². The van der Waals surface area contributed by atoms with Crippen LogP contribution in [0, 0.1) is 0 Å². The molecule has 0 N–H and O–H groups in total. The van der Waals surface area contributed by atoms with Crippen LogP contribution in [0.3, 0.4) is 0 Å². The lowest BCUT2D eigenvalue weighted by atomic mass is 10.4. The molecule has 0 unspecified atom stereocenters. The zero-order chi connectivity index (χ0) is 12.2. The number of carbonyl (C=O) groups is 4. The van der Waals surface area contributed by atoms with Crippen molar-refractivity contribution in [3.05, 3.63) is 0 Å². The first-order valence-corrected chi connectivity index (χ1v) is 4.97. The highest BCUT2D eigenvalue weighted by Crippen LogP contribution is 1.89. The Morgan fingerprint density at radius 3 is 1.00 bits per heavy atom. The summed E-state index contributed by atoms with van der Waals surface area (Å²) in [5.74, 6) is 0. The summed E-state index contributed by atoms with van der Waals surface area (Å²) >= 11 is 0. The number of hydrogen-bond acceptors (Lipinski definition) is 6. The van der Waals surface area contributed by atoms with Crippen LogP contribution in [0.1, 0.15) is 0 Å². The molecule has 0 bridgehead atoms. The molecule has 0 fully saturated rings. The third-order valence-corrected chi connectivity index (χ3v) is 2.06. The van der Waals surface area contributed by atoms with E-state index in [1.807, 2.05) is 0 Å². The second-order valence-electron chi connectivity index (χ2n) is 3.19. The van der Waals surface area contributed by atoms with Crippen LogP contribution in [0.5, 0.6) is 0 Å². The van der Waals surface area contributed by atoms with Gasteiger partial charge in [-0.05, 0) is 0 Å². The van der Waals surface area contributed by atoms with Crippen molar-refractivity contribution in [1.82, 2.24) is 9.80 Å². The lowest BCUT2D eigenvalue weighted by Crippen LogP contribution is -2.38. The molecule has 0 saturated carbocycles. The van der Waals surface area contributed by atoms with Gasteiger partial charge in [-0.15, -0.1) is 0 Å². The predicted molar refractivity (Wildman–Crippen MR) is 57.1 cm³/mol. The molecule has 90 valence electrons. The van der Waals surface area contributed by atoms with E-state index >= 15 is 0 Å². The first kappa shape index (κ1) is 14.6. The summed E-state index contributed by atoms with van der Waals surface area (Å²) in [5.41, 5.74) is 0. The van der Waals surface area contributed by atoms with Gasteiger partial charge in [-0.3, -0.25) is 9.80 Å². The topological polar surface area (TPSA) is 74.8 Å². The van der Waals surface area contributed by atoms with Crippen LogP contribution in [0.15, 0.2) is 0 Å². The Morgan fingerprint density at radius 1 is 0.562 bits per heavy atom. The molecule has 0 saturated heterocycles. The van der Waals surface area contributed by atoms with Crippen molar-refractivity contribution in [2.75, 3.05) is 39.3 Å². The first-order chi connectivity index (χ1) is 7.78. The Morgan fingerprint density at radius 2 is 0.812 bits per heavy atom. The molecule has 0 amide bonds. The van der Waals surface area contributed by atoms with E-state index in [0.717, 1.165) is 0 Å². The highest BCUT2D eigenvalue weighted by Gasteiger charge is 2.07. The van der Waals surface area contributed by atoms with E-state index in [2.05, 4.69) is 0 Å². The summed E-state index contributed by atoms with van der Waals surface area (Å²) < 4.78 is 0. The lowest BCUT2D eigenvalue weighted by molar-refractivity contribution is -0.113. The Balaban J connectivity index is 4.00. The van der Waals surface area contributed by atoms with Crippen molar-refractivity contribution in [3.8, 4) is 0 Å². The quantitative estimate of drug-likeness (QED) is 0.396. The van der Waals surface area contributed by atoms with Crippen LogP contribution in [-0.4, -0.2) is 74.2 Å². The average Bonchev–Trinajstić information content (AvgIpc) is 2.27. The number of hydrogen-bond donors (Lipinski definition) is 0. The number of carbonyl (C=O) groups excluding carboxylic acids is 4. The fourth-order valence-electron chi connectivity index (χ4n) is 1.22. The van der Waals surface area contributed by atoms with E-state index in [4.69, 9.17) is 0 Å². The number of rotatable bonds is 11. The summed E-state index contributed by atoms with van der Waals surface area (Å²) in [7, 11) is 0. The minimum atomic E-state index is 0.175. The van der Waals surface area contributed by atoms with Crippen molar-refractivity contribution >= 4 is 25.1 Å². The fraction of sp³-hybridized carbons (Fsp3) is 0.600. The van der Waals surface area contributed by atoms with E-state index in [1.165, 1.54) is 0 Å². The molecule has 0 radical (unpaired) electrons. The molecule has 6 nitrogen and oxygen atoms in total. The minimum Gasteiger partial charge on any atom is -0.302 e. The Hall–Kier alpha value is -1.40. The van der Waals surface area contributed by atoms with Gasteiger partial charge in [0.2, 0.25) is 0 Å². The second kappa shape index (κ2) is 10.1. The highest BCUT2D eigenvalue weighted by molar-refractivity contribution is 5.57. The normalized spacial score (nSPS) is 10.4. The molecule has 0 aromatic rings. The fourth-order valence-corrected chi connectivity index (χ4v) is 1.22. The van der Waals surface area contributed by atoms with Gasteiger partial charge in [0.15, 0.2) is 0 Å². The van der Waals surface area contributed by atoms with Crippen molar-refractivity contribution in [2.24, 2.45) is 0 Å². The average molecular weight is 228 g/mol. The third kappa shape index (κ3) is 6.97. The molecule has 0 aromatic carbocycles. The van der Waals surface area contributed by atoms with Crippen molar-refractivity contribution in [1.29, 1.82) is 0 Å². The SMILES string of the molecule is O=CCN(CC=O)CCN(CC=O)CC=O. The van der Waals surface area contributed by atoms with Crippen LogP contribution < -0.4 is 0 Å². The maximum absolute atomic E-state index is 10.3. The van der Waals surface area contributed by atoms with E-state index < -0.39 is 0 Å². The van der Waals surface area contributed by atoms with E-state index in [9.17, 15) is 19.2 Å². The molecule has 0 rings (SSSR count). The van der Waals surface area contributed by atoms with E-state index in [1.54, 1.807) is 9.80 Å². The molecular formula is C10H16N2O4. The molecule has 6 heteroatoms. The van der Waals surface area contributed by atoms with E-state index in [0.29, 0.717) is 38.2 Å². The van der Waals surface area contributed by atoms with Gasteiger partial charge in [0, 0.05) is 13.1 Å². The van der Waals surface area contributed by atoms with Gasteiger partial charge < -0.3 is 19.2 Å². The molecule has 16 heavy (non-hydrogen) atoms. The van der Waals surface area contributed by atoms with E-state index in [-0.39, 0.29) is 26.2 Å². The Labute approximate surface area is 94.2 Å². The summed E-state index contributed by atoms with van der Waals surface area (Å²) in [6, 6.07) is 0. The molecular weight excluding hydrogens is 212 g/mol. The van der Waals surface area contributed by atoms with Crippen LogP contribution in [0.2, 0.25) is 0 Å². The zero-order valence-corrected chi connectivity index (χ0v) is 9.08. The molecule has 0 aliphatic heterocycles. The minimum absolute atomic E-state index is 0.175. The Kier molecular flexibility index (Phi) is 9.24. The van der Waals surface area contributed by atoms with Gasteiger partial charge in [0.25, 0.3) is 0 Å². The summed E-state index contributed by atoms with van der Waals surface area (Å²) in [6.45, 7) is 1.64. The van der Waals surface area contributed by atoms with Crippen LogP contribution >= 0.6 is 0 Å². The number of aldehydes is 4. The van der Waals surface area contributed by atoms with Crippen LogP contribution in [0.4, 0.5) is 0 Å². The molecule has 0 aromatic heterocycles. The maximum atomic E-state index is 10.3. The van der Waals surface area contributed by atoms with Gasteiger partial charge in [-0.1, -0.05) is 0 Å². The largest absolute Gasteiger partial charge is 0.302 e. The molecule has 0 atom stereocenters. The van der Waals surface area contributed by atoms with Gasteiger partial charge in [0.1, 0.15) is 25.1 Å². The molecule has 0 heterocycles. The Bertz CT molecular complexity index is 189. The molecule has 0 spiro atoms. The lowest BCUT2D eigenvalue weighted by Gasteiger charge is -2.22. The summed E-state index contributed by atoms with van der Waals surface area (Å²) in [6.07, 6.45) is 2.86. The monoisotopic (exact) mass is 228 g/mol. The first-order valence-electron chi connectivity index (χ1n) is 4.97. The van der Waals surface area contributed by atoms with Crippen LogP contribution in [0.25, 0.3) is 0 Å². The van der Waals surface area contributed by atoms with Crippen LogP contribution in [-0.2, 0) is 19.2 Å². The van der Waals surface area contributed by atoms with Gasteiger partial charge in [-0.2, -0.15) is 0 Å². The standard InChI is InChI=1S/C10H16N2O4/c13-7-3-11(4-8-14)1-2-12(5-9-15)6-10-16/h7-10H,1-6H2. The van der Waals surface area contributed by atoms with Gasteiger partial charge >= 0.3 is 0 Å². The highest BCUT2D eigenvalue weighted by atomic mass is 16.1. The molecule has 0 aliphatic carbocycles. The summed E-state index contributed by atoms with van der Waals surface area (Å²) in [4.78, 5) is 44.5. The molecule has 0 aliphatic rings. The van der Waals surface area contributed by atoms with Crippen molar-refractivity contribution in [2.45, 2.75) is 0 Å². The number of nitrogens with zero attached hydrogens (tertiary/aromatic N) is 2. The van der Waals surface area contributed by atoms with Crippen molar-refractivity contribution in [3.63, 3.8) is 0 Å². The maximum Gasteiger partial charge on any atom is 0.133 e. The second-order valence-corrected chi connectivity index (χ2v) is 3.19. The van der Waals surface area contributed by atoms with Gasteiger partial charge in [-0.25, -0.2) is 0 Å². The van der Waals surface area contributed by atoms with Crippen molar-refractivity contribution < 1.29 is 19.2 Å². The summed E-state index contributed by atoms with van der Waals surface area (Å²) in [5, 5.41) is 0. The zero-order valence-electron chi connectivity index (χ0n) is 9.08.